The van der Waals surface area contributed by atoms with Crippen molar-refractivity contribution < 1.29 is 24.0 Å². The van der Waals surface area contributed by atoms with E-state index in [2.05, 4.69) is 4.98 Å². The lowest BCUT2D eigenvalue weighted by molar-refractivity contribution is -0.00000241. The number of nitrogens with two attached hydrogens (primary N) is 1. The maximum Gasteiger partial charge on any atom is 0.180 e. The van der Waals surface area contributed by atoms with Crippen LogP contribution < -0.4 is 29.7 Å². The molecule has 1 heterocycles. The monoisotopic (exact) mass is 303 g/mol. The van der Waals surface area contributed by atoms with E-state index in [1.165, 1.54) is 11.3 Å². The van der Waals surface area contributed by atoms with E-state index in [-0.39, 0.29) is 24.0 Å². The molecule has 0 amide bonds. The van der Waals surface area contributed by atoms with E-state index in [1.807, 2.05) is 35.7 Å². The molecule has 0 fully saturated rings. The Balaban J connectivity index is 0.000000845. The molecule has 1 aromatic carbocycles. The molecule has 0 saturated heterocycles. The molecule has 0 radical (unpaired) electrons. The molecule has 2 aromatic rings. The lowest BCUT2D eigenvalue weighted by Crippen LogP contribution is -3.00. The molecule has 2 N–H and O–H groups in total. The zero-order chi connectivity index (χ0) is 8.39. The van der Waals surface area contributed by atoms with Crippen molar-refractivity contribution in [2.75, 3.05) is 5.73 Å². The van der Waals surface area contributed by atoms with E-state index < -0.39 is 0 Å². The number of rotatable bonds is 1. The summed E-state index contributed by atoms with van der Waals surface area (Å²) >= 11 is 1.47. The van der Waals surface area contributed by atoms with Gasteiger partial charge in [-0.1, -0.05) is 30.3 Å². The van der Waals surface area contributed by atoms with Crippen LogP contribution in [0, 0.1) is 0 Å². The van der Waals surface area contributed by atoms with E-state index in [9.17, 15) is 0 Å². The van der Waals surface area contributed by atoms with Gasteiger partial charge in [0.25, 0.3) is 0 Å². The zero-order valence-electron chi connectivity index (χ0n) is 6.77. The molecule has 1 aromatic heterocycles. The quantitative estimate of drug-likeness (QED) is 0.714. The third-order valence-electron chi connectivity index (χ3n) is 1.59. The second-order valence-corrected chi connectivity index (χ2v) is 3.33. The first kappa shape index (κ1) is 10.5. The molecule has 68 valence electrons. The van der Waals surface area contributed by atoms with Gasteiger partial charge in [0.1, 0.15) is 0 Å². The van der Waals surface area contributed by atoms with Crippen molar-refractivity contribution in [3.05, 3.63) is 35.7 Å². The molecule has 2 nitrogen and oxygen atoms in total. The molecule has 0 aliphatic carbocycles. The molecule has 0 bridgehead atoms. The first-order valence-corrected chi connectivity index (χ1v) is 4.50. The van der Waals surface area contributed by atoms with Gasteiger partial charge in [-0.25, -0.2) is 4.98 Å². The minimum Gasteiger partial charge on any atom is -1.00 e. The minimum atomic E-state index is 0. The van der Waals surface area contributed by atoms with Crippen molar-refractivity contribution >= 4 is 16.5 Å². The Morgan fingerprint density at radius 3 is 2.38 bits per heavy atom. The SMILES string of the molecule is Nc1nc(-c2ccccc2)cs1.[I-]. The van der Waals surface area contributed by atoms with Crippen LogP contribution in [0.3, 0.4) is 0 Å². The predicted octanol–water partition coefficient (Wildman–Crippen LogP) is -0.604. The summed E-state index contributed by atoms with van der Waals surface area (Å²) in [6, 6.07) is 10.0. The van der Waals surface area contributed by atoms with Crippen LogP contribution in [0.1, 0.15) is 0 Å². The number of halogens is 1. The number of nitrogen functional groups attached to an aromatic ring is 1. The van der Waals surface area contributed by atoms with Crippen LogP contribution in [-0.4, -0.2) is 4.98 Å². The Bertz CT molecular complexity index is 372. The summed E-state index contributed by atoms with van der Waals surface area (Å²) in [6.07, 6.45) is 0. The molecule has 2 rings (SSSR count). The predicted molar refractivity (Wildman–Crippen MR) is 52.0 cm³/mol. The Morgan fingerprint density at radius 1 is 1.15 bits per heavy atom. The van der Waals surface area contributed by atoms with Crippen LogP contribution in [0.2, 0.25) is 0 Å². The number of aromatic nitrogens is 1. The molecular weight excluding hydrogens is 295 g/mol. The Hall–Kier alpha value is -0.620. The summed E-state index contributed by atoms with van der Waals surface area (Å²) in [6.45, 7) is 0. The molecule has 0 atom stereocenters. The fourth-order valence-electron chi connectivity index (χ4n) is 1.03. The van der Waals surface area contributed by atoms with Gasteiger partial charge in [-0.05, 0) is 0 Å². The van der Waals surface area contributed by atoms with E-state index in [1.54, 1.807) is 0 Å². The van der Waals surface area contributed by atoms with E-state index in [4.69, 9.17) is 5.73 Å². The van der Waals surface area contributed by atoms with E-state index in [0.717, 1.165) is 11.3 Å². The van der Waals surface area contributed by atoms with Gasteiger partial charge < -0.3 is 29.7 Å². The fraction of sp³-hybridized carbons (Fsp3) is 0. The third-order valence-corrected chi connectivity index (χ3v) is 2.27. The number of thiazole rings is 1. The molecule has 0 spiro atoms. The zero-order valence-corrected chi connectivity index (χ0v) is 9.75. The number of nitrogens with zero attached hydrogens (tertiary/aromatic N) is 1. The lowest BCUT2D eigenvalue weighted by atomic mass is 10.2. The average molecular weight is 303 g/mol. The van der Waals surface area contributed by atoms with Crippen LogP contribution in [-0.2, 0) is 0 Å². The van der Waals surface area contributed by atoms with Gasteiger partial charge in [0.2, 0.25) is 0 Å². The van der Waals surface area contributed by atoms with E-state index in [0.29, 0.717) is 5.13 Å². The molecule has 0 aliphatic heterocycles. The Kier molecular flexibility index (Phi) is 3.68. The number of benzene rings is 1. The van der Waals surface area contributed by atoms with Gasteiger partial charge in [0.05, 0.1) is 5.69 Å². The smallest absolute Gasteiger partial charge is 0.180 e. The minimum absolute atomic E-state index is 0. The van der Waals surface area contributed by atoms with Crippen molar-refractivity contribution in [2.45, 2.75) is 0 Å². The summed E-state index contributed by atoms with van der Waals surface area (Å²) < 4.78 is 0. The number of anilines is 1. The van der Waals surface area contributed by atoms with Crippen molar-refractivity contribution in [1.82, 2.24) is 4.98 Å². The van der Waals surface area contributed by atoms with Crippen LogP contribution >= 0.6 is 11.3 Å². The van der Waals surface area contributed by atoms with Crippen LogP contribution in [0.4, 0.5) is 5.13 Å². The standard InChI is InChI=1S/C9H8N2S.HI/c10-9-11-8(6-12-9)7-4-2-1-3-5-7;/h1-6H,(H2,10,11);1H/p-1. The third kappa shape index (κ3) is 2.41. The molecule has 0 unspecified atom stereocenters. The highest BCUT2D eigenvalue weighted by atomic mass is 127. The van der Waals surface area contributed by atoms with Gasteiger partial charge >= 0.3 is 0 Å². The highest BCUT2D eigenvalue weighted by molar-refractivity contribution is 7.13. The Morgan fingerprint density at radius 2 is 1.85 bits per heavy atom. The van der Waals surface area contributed by atoms with Crippen LogP contribution in [0.5, 0.6) is 0 Å². The summed E-state index contributed by atoms with van der Waals surface area (Å²) in [5.41, 5.74) is 7.60. The highest BCUT2D eigenvalue weighted by Crippen LogP contribution is 2.22. The fourth-order valence-corrected chi connectivity index (χ4v) is 1.60. The first-order chi connectivity index (χ1) is 5.86. The van der Waals surface area contributed by atoms with Gasteiger partial charge in [-0.2, -0.15) is 0 Å². The van der Waals surface area contributed by atoms with Gasteiger partial charge in [0, 0.05) is 10.9 Å². The van der Waals surface area contributed by atoms with E-state index >= 15 is 0 Å². The maximum atomic E-state index is 5.52. The van der Waals surface area contributed by atoms with Crippen molar-refractivity contribution in [2.24, 2.45) is 0 Å². The van der Waals surface area contributed by atoms with Crippen molar-refractivity contribution in [1.29, 1.82) is 0 Å². The normalized spacial score (nSPS) is 9.23. The Labute approximate surface area is 97.8 Å². The topological polar surface area (TPSA) is 38.9 Å². The van der Waals surface area contributed by atoms with Crippen LogP contribution in [0.15, 0.2) is 35.7 Å². The maximum absolute atomic E-state index is 5.52. The van der Waals surface area contributed by atoms with Gasteiger partial charge in [0.15, 0.2) is 5.13 Å². The summed E-state index contributed by atoms with van der Waals surface area (Å²) in [5, 5.41) is 2.58. The second-order valence-electron chi connectivity index (χ2n) is 2.44. The van der Waals surface area contributed by atoms with Crippen LogP contribution in [0.25, 0.3) is 11.3 Å². The molecule has 0 saturated carbocycles. The highest BCUT2D eigenvalue weighted by Gasteiger charge is 1.99. The van der Waals surface area contributed by atoms with Gasteiger partial charge in [-0.15, -0.1) is 11.3 Å². The molecule has 13 heavy (non-hydrogen) atoms. The van der Waals surface area contributed by atoms with Gasteiger partial charge in [-0.3, -0.25) is 0 Å². The lowest BCUT2D eigenvalue weighted by Gasteiger charge is -1.92. The number of hydrogen-bond acceptors (Lipinski definition) is 3. The largest absolute Gasteiger partial charge is 1.00 e. The first-order valence-electron chi connectivity index (χ1n) is 3.63. The van der Waals surface area contributed by atoms with Crippen molar-refractivity contribution in [3.63, 3.8) is 0 Å². The summed E-state index contributed by atoms with van der Waals surface area (Å²) in [5.74, 6) is 0. The second kappa shape index (κ2) is 4.57. The van der Waals surface area contributed by atoms with Crippen molar-refractivity contribution in [3.8, 4) is 11.3 Å². The number of hydrogen-bond donors (Lipinski definition) is 1. The average Bonchev–Trinajstić information content (AvgIpc) is 2.54. The molecule has 0 aliphatic rings. The molecule has 4 heteroatoms. The summed E-state index contributed by atoms with van der Waals surface area (Å²) in [4.78, 5) is 4.18. The molecular formula is C9H8IN2S-. The summed E-state index contributed by atoms with van der Waals surface area (Å²) in [7, 11) is 0.